The van der Waals surface area contributed by atoms with Crippen molar-refractivity contribution < 1.29 is 0 Å². The van der Waals surface area contributed by atoms with E-state index in [2.05, 4.69) is 27.2 Å². The highest BCUT2D eigenvalue weighted by atomic mass is 15.0. The molecule has 2 N–H and O–H groups in total. The summed E-state index contributed by atoms with van der Waals surface area (Å²) in [7, 11) is 0. The van der Waals surface area contributed by atoms with E-state index in [1.165, 1.54) is 18.4 Å². The number of H-pyrrole nitrogens is 1. The molecule has 0 atom stereocenters. The van der Waals surface area contributed by atoms with E-state index < -0.39 is 0 Å². The number of piperidine rings is 1. The van der Waals surface area contributed by atoms with Gasteiger partial charge in [-0.25, -0.2) is 9.97 Å². The van der Waals surface area contributed by atoms with Gasteiger partial charge in [-0.05, 0) is 44.5 Å². The molecule has 2 aromatic rings. The monoisotopic (exact) mass is 216 g/mol. The Morgan fingerprint density at radius 3 is 2.88 bits per heavy atom. The fourth-order valence-electron chi connectivity index (χ4n) is 2.34. The minimum atomic E-state index is 0.565. The van der Waals surface area contributed by atoms with Gasteiger partial charge in [0.15, 0.2) is 5.65 Å². The molecule has 0 saturated carbocycles. The summed E-state index contributed by atoms with van der Waals surface area (Å²) in [6.07, 6.45) is 4.16. The van der Waals surface area contributed by atoms with Gasteiger partial charge < -0.3 is 10.3 Å². The van der Waals surface area contributed by atoms with E-state index in [1.807, 2.05) is 12.3 Å². The van der Waals surface area contributed by atoms with Gasteiger partial charge in [0.05, 0.1) is 5.52 Å². The Balaban J connectivity index is 2.01. The molecule has 1 fully saturated rings. The summed E-state index contributed by atoms with van der Waals surface area (Å²) in [5.41, 5.74) is 3.17. The average Bonchev–Trinajstić information content (AvgIpc) is 2.76. The second-order valence-electron chi connectivity index (χ2n) is 4.47. The molecule has 16 heavy (non-hydrogen) atoms. The summed E-state index contributed by atoms with van der Waals surface area (Å²) in [6.45, 7) is 4.27. The first-order chi connectivity index (χ1) is 7.84. The first kappa shape index (κ1) is 9.78. The fraction of sp³-hybridized carbons (Fsp3) is 0.500. The van der Waals surface area contributed by atoms with E-state index in [0.717, 1.165) is 30.1 Å². The number of aromatic amines is 1. The number of imidazole rings is 1. The normalized spacial score (nSPS) is 18.1. The molecular formula is C12H16N4. The predicted octanol–water partition coefficient (Wildman–Crippen LogP) is 1.73. The van der Waals surface area contributed by atoms with E-state index in [9.17, 15) is 0 Å². The van der Waals surface area contributed by atoms with Crippen molar-refractivity contribution in [2.75, 3.05) is 13.1 Å². The van der Waals surface area contributed by atoms with Crippen LogP contribution in [0.1, 0.15) is 30.1 Å². The molecule has 0 aromatic carbocycles. The van der Waals surface area contributed by atoms with E-state index >= 15 is 0 Å². The topological polar surface area (TPSA) is 53.6 Å². The number of rotatable bonds is 1. The molecule has 0 bridgehead atoms. The molecule has 0 unspecified atom stereocenters. The van der Waals surface area contributed by atoms with Crippen LogP contribution in [-0.2, 0) is 0 Å². The minimum Gasteiger partial charge on any atom is -0.340 e. The number of nitrogens with one attached hydrogen (secondary N) is 2. The standard InChI is InChI=1S/C12H16N4/c1-8-2-7-14-12-10(8)15-11(16-12)9-3-5-13-6-4-9/h2,7,9,13H,3-6H2,1H3,(H,14,15,16). The SMILES string of the molecule is Cc1ccnc2nc(C3CCNCC3)[nH]c12. The number of hydrogen-bond acceptors (Lipinski definition) is 3. The molecule has 0 radical (unpaired) electrons. The fourth-order valence-corrected chi connectivity index (χ4v) is 2.34. The summed E-state index contributed by atoms with van der Waals surface area (Å²) in [4.78, 5) is 12.3. The van der Waals surface area contributed by atoms with Gasteiger partial charge in [-0.15, -0.1) is 0 Å². The zero-order valence-electron chi connectivity index (χ0n) is 9.45. The smallest absolute Gasteiger partial charge is 0.177 e. The van der Waals surface area contributed by atoms with Crippen LogP contribution in [-0.4, -0.2) is 28.0 Å². The molecule has 2 aromatic heterocycles. The summed E-state index contributed by atoms with van der Waals surface area (Å²) in [5.74, 6) is 1.67. The first-order valence-corrected chi connectivity index (χ1v) is 5.86. The number of pyridine rings is 1. The Kier molecular flexibility index (Phi) is 2.36. The van der Waals surface area contributed by atoms with E-state index in [1.54, 1.807) is 0 Å². The van der Waals surface area contributed by atoms with Crippen LogP contribution in [0.3, 0.4) is 0 Å². The van der Waals surface area contributed by atoms with Crippen LogP contribution in [0.5, 0.6) is 0 Å². The van der Waals surface area contributed by atoms with Crippen LogP contribution < -0.4 is 5.32 Å². The molecule has 84 valence electrons. The molecular weight excluding hydrogens is 200 g/mol. The van der Waals surface area contributed by atoms with Gasteiger partial charge in [0.25, 0.3) is 0 Å². The first-order valence-electron chi connectivity index (χ1n) is 5.86. The van der Waals surface area contributed by atoms with Crippen molar-refractivity contribution in [3.05, 3.63) is 23.7 Å². The molecule has 0 amide bonds. The van der Waals surface area contributed by atoms with Crippen LogP contribution in [0, 0.1) is 6.92 Å². The van der Waals surface area contributed by atoms with E-state index in [0.29, 0.717) is 5.92 Å². The van der Waals surface area contributed by atoms with Crippen molar-refractivity contribution in [1.29, 1.82) is 0 Å². The van der Waals surface area contributed by atoms with Crippen LogP contribution >= 0.6 is 0 Å². The minimum absolute atomic E-state index is 0.565. The number of nitrogens with zero attached hydrogens (tertiary/aromatic N) is 2. The maximum Gasteiger partial charge on any atom is 0.177 e. The number of aryl methyl sites for hydroxylation is 1. The zero-order chi connectivity index (χ0) is 11.0. The molecule has 3 rings (SSSR count). The Bertz CT molecular complexity index is 497. The lowest BCUT2D eigenvalue weighted by Gasteiger charge is -2.20. The number of fused-ring (bicyclic) bond motifs is 1. The van der Waals surface area contributed by atoms with Crippen molar-refractivity contribution >= 4 is 11.2 Å². The van der Waals surface area contributed by atoms with Gasteiger partial charge in [0, 0.05) is 12.1 Å². The highest BCUT2D eigenvalue weighted by molar-refractivity contribution is 5.74. The highest BCUT2D eigenvalue weighted by Crippen LogP contribution is 2.25. The predicted molar refractivity (Wildman–Crippen MR) is 63.5 cm³/mol. The molecule has 4 nitrogen and oxygen atoms in total. The molecule has 0 spiro atoms. The molecule has 1 saturated heterocycles. The summed E-state index contributed by atoms with van der Waals surface area (Å²) < 4.78 is 0. The van der Waals surface area contributed by atoms with E-state index in [-0.39, 0.29) is 0 Å². The van der Waals surface area contributed by atoms with Crippen molar-refractivity contribution in [3.8, 4) is 0 Å². The van der Waals surface area contributed by atoms with Crippen molar-refractivity contribution in [2.45, 2.75) is 25.7 Å². The Morgan fingerprint density at radius 2 is 2.12 bits per heavy atom. The van der Waals surface area contributed by atoms with Crippen molar-refractivity contribution in [2.24, 2.45) is 0 Å². The lowest BCUT2D eigenvalue weighted by molar-refractivity contribution is 0.448. The average molecular weight is 216 g/mol. The van der Waals surface area contributed by atoms with E-state index in [4.69, 9.17) is 0 Å². The van der Waals surface area contributed by atoms with Gasteiger partial charge >= 0.3 is 0 Å². The Hall–Kier alpha value is -1.42. The van der Waals surface area contributed by atoms with Gasteiger partial charge in [-0.1, -0.05) is 0 Å². The second kappa shape index (κ2) is 3.87. The van der Waals surface area contributed by atoms with Crippen molar-refractivity contribution in [1.82, 2.24) is 20.3 Å². The van der Waals surface area contributed by atoms with Gasteiger partial charge in [-0.3, -0.25) is 0 Å². The number of hydrogen-bond donors (Lipinski definition) is 2. The second-order valence-corrected chi connectivity index (χ2v) is 4.47. The quantitative estimate of drug-likeness (QED) is 0.763. The lowest BCUT2D eigenvalue weighted by atomic mass is 9.98. The summed E-state index contributed by atoms with van der Waals surface area (Å²) in [6, 6.07) is 2.02. The number of aromatic nitrogens is 3. The summed E-state index contributed by atoms with van der Waals surface area (Å²) >= 11 is 0. The molecule has 1 aliphatic rings. The van der Waals surface area contributed by atoms with Gasteiger partial charge in [0.2, 0.25) is 0 Å². The molecule has 4 heteroatoms. The molecule has 3 heterocycles. The van der Waals surface area contributed by atoms with Crippen molar-refractivity contribution in [3.63, 3.8) is 0 Å². The van der Waals surface area contributed by atoms with Crippen LogP contribution in [0.2, 0.25) is 0 Å². The van der Waals surface area contributed by atoms with Crippen LogP contribution in [0.4, 0.5) is 0 Å². The van der Waals surface area contributed by atoms with Crippen LogP contribution in [0.15, 0.2) is 12.3 Å². The van der Waals surface area contributed by atoms with Gasteiger partial charge in [-0.2, -0.15) is 0 Å². The Labute approximate surface area is 94.5 Å². The Morgan fingerprint density at radius 1 is 1.31 bits per heavy atom. The highest BCUT2D eigenvalue weighted by Gasteiger charge is 2.19. The summed E-state index contributed by atoms with van der Waals surface area (Å²) in [5, 5.41) is 3.37. The van der Waals surface area contributed by atoms with Gasteiger partial charge in [0.1, 0.15) is 5.82 Å². The third-order valence-corrected chi connectivity index (χ3v) is 3.34. The zero-order valence-corrected chi connectivity index (χ0v) is 9.45. The third kappa shape index (κ3) is 1.59. The largest absolute Gasteiger partial charge is 0.340 e. The van der Waals surface area contributed by atoms with Crippen LogP contribution in [0.25, 0.3) is 11.2 Å². The molecule has 0 aliphatic carbocycles. The maximum absolute atomic E-state index is 4.60. The molecule has 1 aliphatic heterocycles. The third-order valence-electron chi connectivity index (χ3n) is 3.34. The lowest BCUT2D eigenvalue weighted by Crippen LogP contribution is -2.27. The maximum atomic E-state index is 4.60.